The Labute approximate surface area is 90.8 Å². The summed E-state index contributed by atoms with van der Waals surface area (Å²) >= 11 is 5.58. The van der Waals surface area contributed by atoms with Gasteiger partial charge in [-0.2, -0.15) is 0 Å². The van der Waals surface area contributed by atoms with Gasteiger partial charge in [0.15, 0.2) is 0 Å². The molecule has 0 saturated carbocycles. The van der Waals surface area contributed by atoms with E-state index in [2.05, 4.69) is 36.5 Å². The van der Waals surface area contributed by atoms with Crippen molar-refractivity contribution in [3.63, 3.8) is 0 Å². The summed E-state index contributed by atoms with van der Waals surface area (Å²) in [7, 11) is 0. The van der Waals surface area contributed by atoms with Crippen LogP contribution in [0.5, 0.6) is 0 Å². The number of halogens is 1. The molecule has 0 fully saturated rings. The Morgan fingerprint density at radius 1 is 1.43 bits per heavy atom. The van der Waals surface area contributed by atoms with E-state index in [1.165, 1.54) is 11.1 Å². The molecule has 1 N–H and O–H groups in total. The van der Waals surface area contributed by atoms with Crippen LogP contribution >= 0.6 is 11.6 Å². The normalized spacial score (nSPS) is 11.0. The highest BCUT2D eigenvalue weighted by Gasteiger charge is 1.92. The van der Waals surface area contributed by atoms with E-state index in [-0.39, 0.29) is 0 Å². The van der Waals surface area contributed by atoms with E-state index in [1.807, 2.05) is 12.2 Å². The van der Waals surface area contributed by atoms with Gasteiger partial charge in [-0.05, 0) is 17.7 Å². The maximum absolute atomic E-state index is 5.58. The first-order valence-corrected chi connectivity index (χ1v) is 5.42. The first kappa shape index (κ1) is 11.3. The molecule has 0 heterocycles. The summed E-state index contributed by atoms with van der Waals surface area (Å²) in [6.45, 7) is 4.04. The Hall–Kier alpha value is -0.790. The van der Waals surface area contributed by atoms with Crippen LogP contribution in [0.4, 0.5) is 0 Å². The van der Waals surface area contributed by atoms with Gasteiger partial charge in [0.2, 0.25) is 0 Å². The molecule has 0 unspecified atom stereocenters. The number of benzene rings is 1. The van der Waals surface area contributed by atoms with Crippen molar-refractivity contribution in [2.75, 3.05) is 12.4 Å². The quantitative estimate of drug-likeness (QED) is 0.736. The van der Waals surface area contributed by atoms with Gasteiger partial charge >= 0.3 is 0 Å². The standard InChI is InChI=1S/C12H16ClN/c1-2-14-10-12-6-3-5-11(9-12)7-4-8-13/h3-7,9,14H,2,8,10H2,1H3. The molecule has 2 heteroatoms. The zero-order valence-corrected chi connectivity index (χ0v) is 9.22. The minimum atomic E-state index is 0.567. The lowest BCUT2D eigenvalue weighted by Gasteiger charge is -2.02. The zero-order valence-electron chi connectivity index (χ0n) is 8.46. The van der Waals surface area contributed by atoms with Crippen molar-refractivity contribution in [2.45, 2.75) is 13.5 Å². The van der Waals surface area contributed by atoms with Gasteiger partial charge in [-0.3, -0.25) is 0 Å². The van der Waals surface area contributed by atoms with Gasteiger partial charge < -0.3 is 5.32 Å². The zero-order chi connectivity index (χ0) is 10.2. The van der Waals surface area contributed by atoms with Crippen LogP contribution in [0.25, 0.3) is 6.08 Å². The molecule has 1 aromatic carbocycles. The molecule has 1 aromatic rings. The average molecular weight is 210 g/mol. The monoisotopic (exact) mass is 209 g/mol. The van der Waals surface area contributed by atoms with E-state index in [0.29, 0.717) is 5.88 Å². The highest BCUT2D eigenvalue weighted by atomic mass is 35.5. The van der Waals surface area contributed by atoms with Gasteiger partial charge in [0.1, 0.15) is 0 Å². The van der Waals surface area contributed by atoms with E-state index >= 15 is 0 Å². The molecule has 0 amide bonds. The van der Waals surface area contributed by atoms with Gasteiger partial charge in [0.05, 0.1) is 0 Å². The Bertz CT molecular complexity index is 294. The van der Waals surface area contributed by atoms with Crippen LogP contribution in [0.3, 0.4) is 0 Å². The number of allylic oxidation sites excluding steroid dienone is 1. The number of alkyl halides is 1. The van der Waals surface area contributed by atoms with Crippen molar-refractivity contribution < 1.29 is 0 Å². The van der Waals surface area contributed by atoms with E-state index in [1.54, 1.807) is 0 Å². The SMILES string of the molecule is CCNCc1cccc(C=CCCl)c1. The van der Waals surface area contributed by atoms with Crippen molar-refractivity contribution in [1.82, 2.24) is 5.32 Å². The lowest BCUT2D eigenvalue weighted by atomic mass is 10.1. The second-order valence-electron chi connectivity index (χ2n) is 3.08. The summed E-state index contributed by atoms with van der Waals surface area (Å²) in [4.78, 5) is 0. The van der Waals surface area contributed by atoms with Crippen molar-refractivity contribution in [3.8, 4) is 0 Å². The van der Waals surface area contributed by atoms with Crippen LogP contribution in [0.1, 0.15) is 18.1 Å². The summed E-state index contributed by atoms with van der Waals surface area (Å²) in [6, 6.07) is 8.45. The van der Waals surface area contributed by atoms with Gasteiger partial charge in [-0.1, -0.05) is 43.3 Å². The third kappa shape index (κ3) is 3.95. The first-order valence-electron chi connectivity index (χ1n) is 4.89. The van der Waals surface area contributed by atoms with Gasteiger partial charge in [0.25, 0.3) is 0 Å². The summed E-state index contributed by atoms with van der Waals surface area (Å²) in [5.74, 6) is 0.567. The van der Waals surface area contributed by atoms with E-state index in [0.717, 1.165) is 13.1 Å². The van der Waals surface area contributed by atoms with Gasteiger partial charge in [-0.25, -0.2) is 0 Å². The smallest absolute Gasteiger partial charge is 0.0407 e. The molecule has 0 saturated heterocycles. The van der Waals surface area contributed by atoms with Gasteiger partial charge in [-0.15, -0.1) is 11.6 Å². The molecular weight excluding hydrogens is 194 g/mol. The highest BCUT2D eigenvalue weighted by molar-refractivity contribution is 6.19. The lowest BCUT2D eigenvalue weighted by Crippen LogP contribution is -2.11. The summed E-state index contributed by atoms with van der Waals surface area (Å²) in [6.07, 6.45) is 4.00. The van der Waals surface area contributed by atoms with E-state index < -0.39 is 0 Å². The molecular formula is C12H16ClN. The molecule has 0 spiro atoms. The summed E-state index contributed by atoms with van der Waals surface area (Å²) in [5, 5.41) is 3.30. The van der Waals surface area contributed by atoms with Gasteiger partial charge in [0, 0.05) is 12.4 Å². The number of hydrogen-bond acceptors (Lipinski definition) is 1. The highest BCUT2D eigenvalue weighted by Crippen LogP contribution is 2.07. The largest absolute Gasteiger partial charge is 0.313 e. The molecule has 0 bridgehead atoms. The summed E-state index contributed by atoms with van der Waals surface area (Å²) in [5.41, 5.74) is 2.52. The molecule has 0 aromatic heterocycles. The maximum Gasteiger partial charge on any atom is 0.0407 e. The Morgan fingerprint density at radius 3 is 3.00 bits per heavy atom. The lowest BCUT2D eigenvalue weighted by molar-refractivity contribution is 0.727. The van der Waals surface area contributed by atoms with Crippen LogP contribution in [0.2, 0.25) is 0 Å². The maximum atomic E-state index is 5.58. The number of hydrogen-bond donors (Lipinski definition) is 1. The van der Waals surface area contributed by atoms with Crippen LogP contribution in [-0.2, 0) is 6.54 Å². The van der Waals surface area contributed by atoms with Crippen LogP contribution in [0, 0.1) is 0 Å². The molecule has 14 heavy (non-hydrogen) atoms. The van der Waals surface area contributed by atoms with Crippen molar-refractivity contribution in [3.05, 3.63) is 41.5 Å². The number of rotatable bonds is 5. The predicted molar refractivity (Wildman–Crippen MR) is 63.6 cm³/mol. The van der Waals surface area contributed by atoms with Crippen LogP contribution in [0.15, 0.2) is 30.3 Å². The van der Waals surface area contributed by atoms with E-state index in [4.69, 9.17) is 11.6 Å². The van der Waals surface area contributed by atoms with Crippen molar-refractivity contribution >= 4 is 17.7 Å². The Kier molecular flexibility index (Phi) is 5.35. The molecule has 0 aliphatic rings. The van der Waals surface area contributed by atoms with E-state index in [9.17, 15) is 0 Å². The average Bonchev–Trinajstić information content (AvgIpc) is 2.24. The molecule has 0 aliphatic carbocycles. The van der Waals surface area contributed by atoms with Crippen LogP contribution < -0.4 is 5.32 Å². The Balaban J connectivity index is 2.63. The third-order valence-corrected chi connectivity index (χ3v) is 2.11. The molecule has 0 atom stereocenters. The molecule has 0 aliphatic heterocycles. The molecule has 76 valence electrons. The Morgan fingerprint density at radius 2 is 2.29 bits per heavy atom. The third-order valence-electron chi connectivity index (χ3n) is 1.93. The first-order chi connectivity index (χ1) is 6.86. The fraction of sp³-hybridized carbons (Fsp3) is 0.333. The predicted octanol–water partition coefficient (Wildman–Crippen LogP) is 3.05. The summed E-state index contributed by atoms with van der Waals surface area (Å²) < 4.78 is 0. The fourth-order valence-electron chi connectivity index (χ4n) is 1.26. The minimum Gasteiger partial charge on any atom is -0.313 e. The van der Waals surface area contributed by atoms with Crippen molar-refractivity contribution in [2.24, 2.45) is 0 Å². The molecule has 0 radical (unpaired) electrons. The topological polar surface area (TPSA) is 12.0 Å². The minimum absolute atomic E-state index is 0.567. The fourth-order valence-corrected chi connectivity index (χ4v) is 1.35. The van der Waals surface area contributed by atoms with Crippen LogP contribution in [-0.4, -0.2) is 12.4 Å². The molecule has 1 nitrogen and oxygen atoms in total. The second kappa shape index (κ2) is 6.63. The number of nitrogens with one attached hydrogen (secondary N) is 1. The van der Waals surface area contributed by atoms with Crippen molar-refractivity contribution in [1.29, 1.82) is 0 Å². The molecule has 1 rings (SSSR count). The second-order valence-corrected chi connectivity index (χ2v) is 3.39.